The van der Waals surface area contributed by atoms with Gasteiger partial charge in [0, 0.05) is 25.0 Å². The maximum Gasteiger partial charge on any atom is 0.252 e. The second-order valence-electron chi connectivity index (χ2n) is 6.82. The van der Waals surface area contributed by atoms with Crippen molar-refractivity contribution in [2.45, 2.75) is 24.8 Å². The topological polar surface area (TPSA) is 107 Å². The zero-order chi connectivity index (χ0) is 21.3. The van der Waals surface area contributed by atoms with Crippen molar-refractivity contribution < 1.29 is 17.6 Å². The van der Waals surface area contributed by atoms with Crippen LogP contribution in [-0.2, 0) is 17.1 Å². The van der Waals surface area contributed by atoms with Crippen LogP contribution >= 0.6 is 0 Å². The number of imidazole rings is 1. The van der Waals surface area contributed by atoms with Gasteiger partial charge in [0.05, 0.1) is 4.90 Å². The molecule has 0 radical (unpaired) electrons. The maximum absolute atomic E-state index is 13.4. The molecule has 0 fully saturated rings. The van der Waals surface area contributed by atoms with Gasteiger partial charge in [-0.15, -0.1) is 0 Å². The lowest BCUT2D eigenvalue weighted by atomic mass is 10.0. The minimum atomic E-state index is -3.99. The Labute approximate surface area is 168 Å². The molecule has 0 saturated heterocycles. The van der Waals surface area contributed by atoms with Gasteiger partial charge < -0.3 is 9.88 Å². The molecule has 1 aromatic heterocycles. The van der Waals surface area contributed by atoms with Crippen molar-refractivity contribution in [3.05, 3.63) is 82.7 Å². The fourth-order valence-electron chi connectivity index (χ4n) is 3.08. The normalized spacial score (nSPS) is 12.6. The molecule has 1 unspecified atom stereocenters. The van der Waals surface area contributed by atoms with E-state index in [1.165, 1.54) is 18.2 Å². The van der Waals surface area contributed by atoms with Crippen LogP contribution in [0.2, 0.25) is 0 Å². The lowest BCUT2D eigenvalue weighted by molar-refractivity contribution is 0.0941. The number of benzene rings is 2. The van der Waals surface area contributed by atoms with Gasteiger partial charge in [0.25, 0.3) is 5.91 Å². The number of nitrogens with zero attached hydrogens (tertiary/aromatic N) is 2. The molecule has 0 aliphatic carbocycles. The van der Waals surface area contributed by atoms with Gasteiger partial charge in [-0.3, -0.25) is 4.79 Å². The number of aryl methyl sites for hydroxylation is 2. The van der Waals surface area contributed by atoms with Crippen LogP contribution in [0.5, 0.6) is 0 Å². The summed E-state index contributed by atoms with van der Waals surface area (Å²) in [6.07, 6.45) is 3.32. The van der Waals surface area contributed by atoms with Crippen LogP contribution < -0.4 is 10.5 Å². The van der Waals surface area contributed by atoms with Gasteiger partial charge >= 0.3 is 0 Å². The third kappa shape index (κ3) is 4.36. The number of amides is 1. The van der Waals surface area contributed by atoms with Crippen LogP contribution in [0.25, 0.3) is 0 Å². The van der Waals surface area contributed by atoms with E-state index in [0.717, 1.165) is 0 Å². The molecule has 2 aromatic carbocycles. The SMILES string of the molecule is Cc1cc(C(=O)NC(c2ccc(F)cc2)c2nccn2C)cc(S(N)(=O)=O)c1C. The van der Waals surface area contributed by atoms with Crippen molar-refractivity contribution in [2.75, 3.05) is 0 Å². The summed E-state index contributed by atoms with van der Waals surface area (Å²) < 4.78 is 38.9. The molecule has 3 N–H and O–H groups in total. The van der Waals surface area contributed by atoms with Gasteiger partial charge in [-0.2, -0.15) is 0 Å². The predicted molar refractivity (Wildman–Crippen MR) is 106 cm³/mol. The van der Waals surface area contributed by atoms with Crippen LogP contribution in [0, 0.1) is 19.7 Å². The monoisotopic (exact) mass is 416 g/mol. The third-order valence-corrected chi connectivity index (χ3v) is 5.82. The first-order valence-electron chi connectivity index (χ1n) is 8.75. The highest BCUT2D eigenvalue weighted by Gasteiger charge is 2.23. The van der Waals surface area contributed by atoms with Gasteiger partial charge in [0.15, 0.2) is 0 Å². The van der Waals surface area contributed by atoms with Crippen LogP contribution in [0.1, 0.15) is 38.9 Å². The highest BCUT2D eigenvalue weighted by molar-refractivity contribution is 7.89. The Morgan fingerprint density at radius 1 is 1.21 bits per heavy atom. The lowest BCUT2D eigenvalue weighted by Crippen LogP contribution is -2.31. The standard InChI is InChI=1S/C20H21FN4O3S/c1-12-10-15(11-17(13(12)2)29(22,27)28)20(26)24-18(19-23-8-9-25(19)3)14-4-6-16(21)7-5-14/h4-11,18H,1-3H3,(H,24,26)(H2,22,27,28). The minimum absolute atomic E-state index is 0.0991. The average Bonchev–Trinajstić information content (AvgIpc) is 3.07. The Morgan fingerprint density at radius 3 is 2.41 bits per heavy atom. The number of rotatable bonds is 5. The molecule has 3 aromatic rings. The van der Waals surface area contributed by atoms with Crippen LogP contribution in [0.3, 0.4) is 0 Å². The number of hydrogen-bond donors (Lipinski definition) is 2. The summed E-state index contributed by atoms with van der Waals surface area (Å²) in [5.41, 5.74) is 1.89. The lowest BCUT2D eigenvalue weighted by Gasteiger charge is -2.20. The summed E-state index contributed by atoms with van der Waals surface area (Å²) in [5.74, 6) is -0.360. The highest BCUT2D eigenvalue weighted by atomic mass is 32.2. The molecule has 7 nitrogen and oxygen atoms in total. The first-order valence-corrected chi connectivity index (χ1v) is 10.3. The fraction of sp³-hybridized carbons (Fsp3) is 0.200. The van der Waals surface area contributed by atoms with Gasteiger partial charge in [-0.25, -0.2) is 22.9 Å². The first-order chi connectivity index (χ1) is 13.6. The molecule has 1 atom stereocenters. The van der Waals surface area contributed by atoms with E-state index in [4.69, 9.17) is 5.14 Å². The number of nitrogens with two attached hydrogens (primary N) is 1. The molecule has 0 bridgehead atoms. The van der Waals surface area contributed by atoms with Crippen molar-refractivity contribution in [3.8, 4) is 0 Å². The summed E-state index contributed by atoms with van der Waals surface area (Å²) in [5, 5.41) is 8.15. The number of aromatic nitrogens is 2. The van der Waals surface area contributed by atoms with E-state index in [-0.39, 0.29) is 10.5 Å². The smallest absolute Gasteiger partial charge is 0.252 e. The van der Waals surface area contributed by atoms with Gasteiger partial charge in [-0.05, 0) is 54.8 Å². The van der Waals surface area contributed by atoms with Crippen LogP contribution in [0.4, 0.5) is 4.39 Å². The predicted octanol–water partition coefficient (Wildman–Crippen LogP) is 2.34. The highest BCUT2D eigenvalue weighted by Crippen LogP contribution is 2.24. The molecule has 1 heterocycles. The molecular formula is C20H21FN4O3S. The van der Waals surface area contributed by atoms with Crippen molar-refractivity contribution in [1.29, 1.82) is 0 Å². The number of carbonyl (C=O) groups is 1. The number of halogens is 1. The summed E-state index contributed by atoms with van der Waals surface area (Å²) in [4.78, 5) is 17.2. The van der Waals surface area contributed by atoms with Crippen molar-refractivity contribution >= 4 is 15.9 Å². The number of primary sulfonamides is 1. The van der Waals surface area contributed by atoms with E-state index in [9.17, 15) is 17.6 Å². The van der Waals surface area contributed by atoms with E-state index in [1.54, 1.807) is 56.1 Å². The van der Waals surface area contributed by atoms with E-state index >= 15 is 0 Å². The van der Waals surface area contributed by atoms with Crippen molar-refractivity contribution in [3.63, 3.8) is 0 Å². The third-order valence-electron chi connectivity index (χ3n) is 4.78. The summed E-state index contributed by atoms with van der Waals surface area (Å²) in [6, 6.07) is 7.91. The van der Waals surface area contributed by atoms with Crippen molar-refractivity contribution in [2.24, 2.45) is 12.2 Å². The largest absolute Gasteiger partial charge is 0.338 e. The summed E-state index contributed by atoms with van der Waals surface area (Å²) in [6.45, 7) is 3.34. The molecular weight excluding hydrogens is 395 g/mol. The first kappa shape index (κ1) is 20.7. The molecule has 0 aliphatic heterocycles. The Morgan fingerprint density at radius 2 is 1.86 bits per heavy atom. The molecule has 152 valence electrons. The molecule has 0 spiro atoms. The zero-order valence-electron chi connectivity index (χ0n) is 16.2. The molecule has 3 rings (SSSR count). The molecule has 9 heteroatoms. The maximum atomic E-state index is 13.4. The number of sulfonamides is 1. The molecule has 29 heavy (non-hydrogen) atoms. The average molecular weight is 416 g/mol. The Balaban J connectivity index is 2.03. The Kier molecular flexibility index (Phi) is 5.54. The molecule has 0 saturated carbocycles. The molecule has 0 aliphatic rings. The minimum Gasteiger partial charge on any atom is -0.338 e. The number of carbonyl (C=O) groups excluding carboxylic acids is 1. The summed E-state index contributed by atoms with van der Waals surface area (Å²) in [7, 11) is -2.21. The zero-order valence-corrected chi connectivity index (χ0v) is 17.0. The van der Waals surface area contributed by atoms with Gasteiger partial charge in [0.1, 0.15) is 17.7 Å². The fourth-order valence-corrected chi connectivity index (χ4v) is 3.95. The van der Waals surface area contributed by atoms with E-state index in [1.807, 2.05) is 0 Å². The van der Waals surface area contributed by atoms with Crippen molar-refractivity contribution in [1.82, 2.24) is 14.9 Å². The van der Waals surface area contributed by atoms with Gasteiger partial charge in [-0.1, -0.05) is 12.1 Å². The quantitative estimate of drug-likeness (QED) is 0.666. The van der Waals surface area contributed by atoms with Crippen LogP contribution in [0.15, 0.2) is 53.7 Å². The number of hydrogen-bond acceptors (Lipinski definition) is 4. The van der Waals surface area contributed by atoms with E-state index in [2.05, 4.69) is 10.3 Å². The second-order valence-corrected chi connectivity index (χ2v) is 8.35. The second kappa shape index (κ2) is 7.76. The van der Waals surface area contributed by atoms with Crippen LogP contribution in [-0.4, -0.2) is 23.9 Å². The number of nitrogens with one attached hydrogen (secondary N) is 1. The van der Waals surface area contributed by atoms with E-state index < -0.39 is 27.8 Å². The van der Waals surface area contributed by atoms with E-state index in [0.29, 0.717) is 22.5 Å². The van der Waals surface area contributed by atoms with Gasteiger partial charge in [0.2, 0.25) is 10.0 Å². The molecule has 1 amide bonds. The Hall–Kier alpha value is -3.04. The summed E-state index contributed by atoms with van der Waals surface area (Å²) >= 11 is 0. The Bertz CT molecular complexity index is 1170.